The zero-order valence-corrected chi connectivity index (χ0v) is 15.1. The normalized spacial score (nSPS) is 10.8. The molecule has 2 rings (SSSR count). The summed E-state index contributed by atoms with van der Waals surface area (Å²) in [6.07, 6.45) is 4.93. The number of rotatable bonds is 4. The van der Waals surface area contributed by atoms with Crippen molar-refractivity contribution in [1.82, 2.24) is 4.98 Å². The average molecular weight is 375 g/mol. The molecule has 0 aliphatic carbocycles. The van der Waals surface area contributed by atoms with Crippen molar-refractivity contribution in [3.63, 3.8) is 0 Å². The van der Waals surface area contributed by atoms with Crippen LogP contribution in [0.15, 0.2) is 35.5 Å². The molecule has 102 valence electrons. The first-order valence-corrected chi connectivity index (χ1v) is 12.5. The predicted octanol–water partition coefficient (Wildman–Crippen LogP) is 4.64. The van der Waals surface area contributed by atoms with Crippen LogP contribution in [-0.4, -0.2) is 12.8 Å². The van der Waals surface area contributed by atoms with Crippen molar-refractivity contribution in [2.45, 2.75) is 20.3 Å². The van der Waals surface area contributed by atoms with Gasteiger partial charge in [-0.05, 0) is 23.3 Å². The summed E-state index contributed by atoms with van der Waals surface area (Å²) in [5.41, 5.74) is 2.17. The molecule has 0 aliphatic heterocycles. The van der Waals surface area contributed by atoms with E-state index in [9.17, 15) is 0 Å². The number of nitrogens with zero attached hydrogens (tertiary/aromatic N) is 2. The van der Waals surface area contributed by atoms with E-state index >= 15 is 0 Å². The summed E-state index contributed by atoms with van der Waals surface area (Å²) in [5.74, 6) is 0.713. The Hall–Kier alpha value is -0.107. The third-order valence-electron chi connectivity index (χ3n) is 2.62. The fourth-order valence-electron chi connectivity index (χ4n) is 1.66. The third kappa shape index (κ3) is 6.25. The van der Waals surface area contributed by atoms with Crippen LogP contribution < -0.4 is 4.98 Å². The Morgan fingerprint density at radius 2 is 2.05 bits per heavy atom. The molecule has 19 heavy (non-hydrogen) atoms. The van der Waals surface area contributed by atoms with Crippen molar-refractivity contribution < 1.29 is 20.8 Å². The zero-order chi connectivity index (χ0) is 14.1. The Kier molecular flexibility index (Phi) is 8.69. The Bertz CT molecular complexity index is 509. The molecule has 0 saturated carbocycles. The number of aromatic nitrogens is 1. The molecule has 0 spiro atoms. The van der Waals surface area contributed by atoms with E-state index in [-0.39, 0.29) is 0 Å². The first-order chi connectivity index (χ1) is 9.19. The molecule has 0 N–H and O–H groups in total. The molecule has 1 aromatic carbocycles. The second-order valence-electron chi connectivity index (χ2n) is 4.52. The van der Waals surface area contributed by atoms with E-state index in [2.05, 4.69) is 36.0 Å². The van der Waals surface area contributed by atoms with Crippen molar-refractivity contribution in [1.29, 1.82) is 0 Å². The molecule has 0 unspecified atom stereocenters. The van der Waals surface area contributed by atoms with Gasteiger partial charge in [0, 0.05) is 12.8 Å². The second kappa shape index (κ2) is 9.74. The van der Waals surface area contributed by atoms with Gasteiger partial charge in [-0.3, -0.25) is 4.99 Å². The Morgan fingerprint density at radius 3 is 2.74 bits per heavy atom. The number of aliphatic imine (C=N–C) groups is 1. The Balaban J connectivity index is 0.000000550. The minimum absolute atomic E-state index is 0.713. The van der Waals surface area contributed by atoms with Gasteiger partial charge in [0.05, 0.1) is 0 Å². The van der Waals surface area contributed by atoms with Crippen LogP contribution in [0, 0.1) is 5.92 Å². The number of halogens is 2. The van der Waals surface area contributed by atoms with E-state index in [4.69, 9.17) is 17.0 Å². The first-order valence-electron chi connectivity index (χ1n) is 6.15. The van der Waals surface area contributed by atoms with E-state index in [1.54, 1.807) is 0 Å². The molecule has 1 heterocycles. The monoisotopic (exact) mass is 373 g/mol. The maximum atomic E-state index is 4.93. The van der Waals surface area contributed by atoms with Gasteiger partial charge in [-0.15, -0.1) is 5.52 Å². The Morgan fingerprint density at radius 1 is 1.32 bits per heavy atom. The van der Waals surface area contributed by atoms with Crippen LogP contribution in [0.3, 0.4) is 0 Å². The second-order valence-corrected chi connectivity index (χ2v) is 8.25. The standard InChI is InChI=1S/C14H17N2.2ClH.Zr/c1-11(2)6-8-15-10-13-5-3-4-12-7-9-16-14(12)13;;;/h3-5,7,9-11H,6,8H2,1-2H3;2*1H;/q-1;;;+2/p-2. The van der Waals surface area contributed by atoms with Gasteiger partial charge in [-0.1, -0.05) is 38.1 Å². The van der Waals surface area contributed by atoms with Crippen molar-refractivity contribution in [2.24, 2.45) is 10.9 Å². The number of benzene rings is 1. The molecule has 0 atom stereocenters. The van der Waals surface area contributed by atoms with Gasteiger partial charge in [0.25, 0.3) is 0 Å². The summed E-state index contributed by atoms with van der Waals surface area (Å²) in [7, 11) is 9.87. The summed E-state index contributed by atoms with van der Waals surface area (Å²) >= 11 is -0.826. The topological polar surface area (TPSA) is 26.5 Å². The summed E-state index contributed by atoms with van der Waals surface area (Å²) in [5, 5.41) is 1.19. The van der Waals surface area contributed by atoms with Crippen LogP contribution in [0.4, 0.5) is 0 Å². The molecular weight excluding hydrogens is 358 g/mol. The van der Waals surface area contributed by atoms with E-state index in [1.807, 2.05) is 24.5 Å². The van der Waals surface area contributed by atoms with E-state index in [0.717, 1.165) is 24.0 Å². The maximum absolute atomic E-state index is 4.93. The van der Waals surface area contributed by atoms with Crippen LogP contribution in [0.25, 0.3) is 10.9 Å². The predicted molar refractivity (Wildman–Crippen MR) is 80.9 cm³/mol. The number of hydrogen-bond acceptors (Lipinski definition) is 1. The van der Waals surface area contributed by atoms with Gasteiger partial charge in [-0.25, -0.2) is 0 Å². The quantitative estimate of drug-likeness (QED) is 0.715. The fourth-order valence-corrected chi connectivity index (χ4v) is 1.66. The van der Waals surface area contributed by atoms with Crippen molar-refractivity contribution in [3.8, 4) is 0 Å². The minimum atomic E-state index is -0.826. The van der Waals surface area contributed by atoms with Crippen LogP contribution in [0.1, 0.15) is 25.8 Å². The van der Waals surface area contributed by atoms with Gasteiger partial charge in [0.15, 0.2) is 0 Å². The molecule has 2 nitrogen and oxygen atoms in total. The molecule has 0 amide bonds. The van der Waals surface area contributed by atoms with Crippen LogP contribution in [0.2, 0.25) is 0 Å². The van der Waals surface area contributed by atoms with Crippen LogP contribution in [-0.2, 0) is 20.8 Å². The van der Waals surface area contributed by atoms with Crippen molar-refractivity contribution >= 4 is 34.1 Å². The molecule has 0 saturated heterocycles. The summed E-state index contributed by atoms with van der Waals surface area (Å²) in [6, 6.07) is 8.22. The number of fused-ring (bicyclic) bond motifs is 1. The van der Waals surface area contributed by atoms with E-state index in [1.165, 1.54) is 5.39 Å². The van der Waals surface area contributed by atoms with Crippen molar-refractivity contribution in [2.75, 3.05) is 6.54 Å². The van der Waals surface area contributed by atoms with E-state index < -0.39 is 20.8 Å². The third-order valence-corrected chi connectivity index (χ3v) is 2.62. The van der Waals surface area contributed by atoms with E-state index in [0.29, 0.717) is 5.92 Å². The molecule has 0 radical (unpaired) electrons. The molecule has 5 heteroatoms. The fraction of sp³-hybridized carbons (Fsp3) is 0.357. The zero-order valence-electron chi connectivity index (χ0n) is 11.1. The van der Waals surface area contributed by atoms with Gasteiger partial charge in [0.1, 0.15) is 0 Å². The number of hydrogen-bond donors (Lipinski definition) is 0. The van der Waals surface area contributed by atoms with Gasteiger partial charge in [0.2, 0.25) is 0 Å². The van der Waals surface area contributed by atoms with Crippen molar-refractivity contribution in [3.05, 3.63) is 36.0 Å². The van der Waals surface area contributed by atoms with Gasteiger partial charge < -0.3 is 4.98 Å². The molecule has 2 aromatic rings. The molecule has 0 fully saturated rings. The molecule has 0 aliphatic rings. The SMILES string of the molecule is CC(C)CCN=Cc1cccc2cc[n-]c12.[Cl][Zr][Cl]. The average Bonchev–Trinajstić information content (AvgIpc) is 2.84. The molecule has 0 bridgehead atoms. The van der Waals surface area contributed by atoms with Gasteiger partial charge >= 0.3 is 37.9 Å². The number of para-hydroxylation sites is 1. The summed E-state index contributed by atoms with van der Waals surface area (Å²) in [6.45, 7) is 5.33. The summed E-state index contributed by atoms with van der Waals surface area (Å²) < 4.78 is 0. The molecule has 1 aromatic heterocycles. The van der Waals surface area contributed by atoms with Crippen LogP contribution in [0.5, 0.6) is 0 Å². The first kappa shape index (κ1) is 16.9. The Labute approximate surface area is 133 Å². The summed E-state index contributed by atoms with van der Waals surface area (Å²) in [4.78, 5) is 8.79. The van der Waals surface area contributed by atoms with Gasteiger partial charge in [-0.2, -0.15) is 6.20 Å². The van der Waals surface area contributed by atoms with Crippen LogP contribution >= 0.6 is 17.0 Å². The molecular formula is C14H17Cl2N2Zr-.